The van der Waals surface area contributed by atoms with Crippen molar-refractivity contribution in [2.45, 2.75) is 20.3 Å². The summed E-state index contributed by atoms with van der Waals surface area (Å²) in [6.45, 7) is 4.73. The predicted molar refractivity (Wildman–Crippen MR) is 77.4 cm³/mol. The standard InChI is InChI=1S/C15H16ClNO3/c1-3-9-20-11-7-5-10(6-8-11)12-13(16)15(19)17(4-2)14(12)18/h5-8H,3-4,9H2,1-2H3. The van der Waals surface area contributed by atoms with E-state index in [0.29, 0.717) is 18.7 Å². The molecule has 1 aromatic rings. The Labute approximate surface area is 123 Å². The maximum Gasteiger partial charge on any atom is 0.273 e. The first-order chi connectivity index (χ1) is 9.60. The average Bonchev–Trinajstić information content (AvgIpc) is 2.67. The molecule has 0 N–H and O–H groups in total. The van der Waals surface area contributed by atoms with Crippen LogP contribution in [-0.4, -0.2) is 29.9 Å². The van der Waals surface area contributed by atoms with E-state index in [0.717, 1.165) is 17.1 Å². The number of carbonyl (C=O) groups excluding carboxylic acids is 2. The van der Waals surface area contributed by atoms with Gasteiger partial charge in [0.1, 0.15) is 10.8 Å². The number of nitrogens with zero attached hydrogens (tertiary/aromatic N) is 1. The summed E-state index contributed by atoms with van der Waals surface area (Å²) in [5.41, 5.74) is 0.897. The van der Waals surface area contributed by atoms with Crippen molar-refractivity contribution in [1.29, 1.82) is 0 Å². The lowest BCUT2D eigenvalue weighted by atomic mass is 10.1. The number of amides is 2. The summed E-state index contributed by atoms with van der Waals surface area (Å²) in [5.74, 6) is -0.0401. The molecule has 0 spiro atoms. The molecule has 0 aromatic heterocycles. The van der Waals surface area contributed by atoms with Gasteiger partial charge in [-0.1, -0.05) is 30.7 Å². The molecule has 1 aromatic carbocycles. The van der Waals surface area contributed by atoms with Gasteiger partial charge in [-0.3, -0.25) is 14.5 Å². The van der Waals surface area contributed by atoms with E-state index in [-0.39, 0.29) is 16.5 Å². The monoisotopic (exact) mass is 293 g/mol. The summed E-state index contributed by atoms with van der Waals surface area (Å²) in [5, 5.41) is -0.0147. The lowest BCUT2D eigenvalue weighted by Gasteiger charge is -2.11. The predicted octanol–water partition coefficient (Wildman–Crippen LogP) is 2.81. The van der Waals surface area contributed by atoms with E-state index in [1.807, 2.05) is 6.92 Å². The van der Waals surface area contributed by atoms with Crippen molar-refractivity contribution >= 4 is 29.0 Å². The van der Waals surface area contributed by atoms with Crippen LogP contribution in [0.2, 0.25) is 0 Å². The molecular weight excluding hydrogens is 278 g/mol. The zero-order valence-electron chi connectivity index (χ0n) is 11.5. The fourth-order valence-electron chi connectivity index (χ4n) is 2.02. The molecular formula is C15H16ClNO3. The topological polar surface area (TPSA) is 46.6 Å². The molecule has 2 amide bonds. The highest BCUT2D eigenvalue weighted by Crippen LogP contribution is 2.32. The van der Waals surface area contributed by atoms with Crippen molar-refractivity contribution in [2.75, 3.05) is 13.2 Å². The molecule has 0 saturated heterocycles. The average molecular weight is 294 g/mol. The minimum absolute atomic E-state index is 0.0147. The third-order valence-corrected chi connectivity index (χ3v) is 3.39. The lowest BCUT2D eigenvalue weighted by molar-refractivity contribution is -0.136. The zero-order chi connectivity index (χ0) is 14.7. The van der Waals surface area contributed by atoms with E-state index in [1.165, 1.54) is 0 Å². The summed E-state index contributed by atoms with van der Waals surface area (Å²) >= 11 is 5.99. The van der Waals surface area contributed by atoms with Crippen molar-refractivity contribution in [3.8, 4) is 5.75 Å². The quantitative estimate of drug-likeness (QED) is 0.784. The molecule has 5 heteroatoms. The molecule has 4 nitrogen and oxygen atoms in total. The maximum atomic E-state index is 12.1. The van der Waals surface area contributed by atoms with Gasteiger partial charge in [0.2, 0.25) is 0 Å². The molecule has 0 fully saturated rings. The molecule has 0 radical (unpaired) electrons. The number of hydrogen-bond acceptors (Lipinski definition) is 3. The second-order valence-corrected chi connectivity index (χ2v) is 4.79. The van der Waals surface area contributed by atoms with Crippen LogP contribution in [0.15, 0.2) is 29.3 Å². The van der Waals surface area contributed by atoms with Gasteiger partial charge in [-0.25, -0.2) is 0 Å². The summed E-state index contributed by atoms with van der Waals surface area (Å²) in [6, 6.07) is 7.03. The van der Waals surface area contributed by atoms with E-state index in [4.69, 9.17) is 16.3 Å². The smallest absolute Gasteiger partial charge is 0.273 e. The molecule has 0 atom stereocenters. The van der Waals surface area contributed by atoms with Crippen LogP contribution in [0.25, 0.3) is 5.57 Å². The first kappa shape index (κ1) is 14.6. The Bertz CT molecular complexity index is 563. The Morgan fingerprint density at radius 2 is 1.75 bits per heavy atom. The first-order valence-corrected chi connectivity index (χ1v) is 6.97. The van der Waals surface area contributed by atoms with Gasteiger partial charge in [-0.2, -0.15) is 0 Å². The van der Waals surface area contributed by atoms with Crippen LogP contribution >= 0.6 is 11.6 Å². The highest BCUT2D eigenvalue weighted by Gasteiger charge is 2.36. The Kier molecular flexibility index (Phi) is 4.45. The Balaban J connectivity index is 2.27. The second kappa shape index (κ2) is 6.09. The summed E-state index contributed by atoms with van der Waals surface area (Å²) in [6.07, 6.45) is 0.928. The molecule has 0 saturated carbocycles. The number of rotatable bonds is 5. The Morgan fingerprint density at radius 1 is 1.10 bits per heavy atom. The van der Waals surface area contributed by atoms with Gasteiger partial charge in [0.05, 0.1) is 12.2 Å². The summed E-state index contributed by atoms with van der Waals surface area (Å²) < 4.78 is 5.48. The minimum atomic E-state index is -0.430. The maximum absolute atomic E-state index is 12.1. The van der Waals surface area contributed by atoms with E-state index < -0.39 is 5.91 Å². The van der Waals surface area contributed by atoms with Gasteiger partial charge < -0.3 is 4.74 Å². The number of hydrogen-bond donors (Lipinski definition) is 0. The Morgan fingerprint density at radius 3 is 2.25 bits per heavy atom. The number of benzene rings is 1. The third kappa shape index (κ3) is 2.56. The SMILES string of the molecule is CCCOc1ccc(C2=C(Cl)C(=O)N(CC)C2=O)cc1. The fraction of sp³-hybridized carbons (Fsp3) is 0.333. The highest BCUT2D eigenvalue weighted by molar-refractivity contribution is 6.55. The molecule has 1 heterocycles. The van der Waals surface area contributed by atoms with E-state index in [1.54, 1.807) is 31.2 Å². The largest absolute Gasteiger partial charge is 0.494 e. The van der Waals surface area contributed by atoms with Crippen LogP contribution in [0.3, 0.4) is 0 Å². The lowest BCUT2D eigenvalue weighted by Crippen LogP contribution is -2.30. The Hall–Kier alpha value is -1.81. The molecule has 1 aliphatic heterocycles. The van der Waals surface area contributed by atoms with Gasteiger partial charge >= 0.3 is 0 Å². The number of ether oxygens (including phenoxy) is 1. The van der Waals surface area contributed by atoms with Crippen LogP contribution in [0.5, 0.6) is 5.75 Å². The van der Waals surface area contributed by atoms with Crippen molar-refractivity contribution in [2.24, 2.45) is 0 Å². The van der Waals surface area contributed by atoms with Crippen molar-refractivity contribution in [1.82, 2.24) is 4.90 Å². The molecule has 0 bridgehead atoms. The van der Waals surface area contributed by atoms with Crippen molar-refractivity contribution in [3.63, 3.8) is 0 Å². The molecule has 0 unspecified atom stereocenters. The fourth-order valence-corrected chi connectivity index (χ4v) is 2.31. The van der Waals surface area contributed by atoms with Crippen molar-refractivity contribution in [3.05, 3.63) is 34.9 Å². The second-order valence-electron chi connectivity index (χ2n) is 4.42. The number of halogens is 1. The van der Waals surface area contributed by atoms with Gasteiger partial charge in [0.25, 0.3) is 11.8 Å². The molecule has 106 valence electrons. The zero-order valence-corrected chi connectivity index (χ0v) is 12.2. The van der Waals surface area contributed by atoms with E-state index in [2.05, 4.69) is 0 Å². The number of likely N-dealkylation sites (N-methyl/N-ethyl adjacent to an activating group) is 1. The van der Waals surface area contributed by atoms with Crippen LogP contribution in [0, 0.1) is 0 Å². The molecule has 0 aliphatic carbocycles. The summed E-state index contributed by atoms with van der Waals surface area (Å²) in [7, 11) is 0. The van der Waals surface area contributed by atoms with Gasteiger partial charge in [-0.15, -0.1) is 0 Å². The first-order valence-electron chi connectivity index (χ1n) is 6.59. The highest BCUT2D eigenvalue weighted by atomic mass is 35.5. The van der Waals surface area contributed by atoms with Crippen LogP contribution in [0.1, 0.15) is 25.8 Å². The molecule has 20 heavy (non-hydrogen) atoms. The normalized spacial score (nSPS) is 15.2. The number of imide groups is 1. The third-order valence-electron chi connectivity index (χ3n) is 3.04. The van der Waals surface area contributed by atoms with Gasteiger partial charge in [-0.05, 0) is 31.0 Å². The number of carbonyl (C=O) groups is 2. The van der Waals surface area contributed by atoms with Crippen LogP contribution in [0.4, 0.5) is 0 Å². The molecule has 2 rings (SSSR count). The van der Waals surface area contributed by atoms with Crippen LogP contribution < -0.4 is 4.74 Å². The van der Waals surface area contributed by atoms with E-state index >= 15 is 0 Å². The van der Waals surface area contributed by atoms with Crippen LogP contribution in [-0.2, 0) is 9.59 Å². The van der Waals surface area contributed by atoms with Gasteiger partial charge in [0, 0.05) is 6.54 Å². The minimum Gasteiger partial charge on any atom is -0.494 e. The molecule has 1 aliphatic rings. The van der Waals surface area contributed by atoms with E-state index in [9.17, 15) is 9.59 Å². The van der Waals surface area contributed by atoms with Gasteiger partial charge in [0.15, 0.2) is 0 Å². The van der Waals surface area contributed by atoms with Crippen molar-refractivity contribution < 1.29 is 14.3 Å². The summed E-state index contributed by atoms with van der Waals surface area (Å²) in [4.78, 5) is 25.1.